The van der Waals surface area contributed by atoms with Crippen LogP contribution in [0.25, 0.3) is 11.4 Å². The van der Waals surface area contributed by atoms with Crippen molar-refractivity contribution >= 4 is 0 Å². The number of hydrogen-bond donors (Lipinski definition) is 0. The second-order valence-electron chi connectivity index (χ2n) is 6.09. The summed E-state index contributed by atoms with van der Waals surface area (Å²) in [5.74, 6) is 3.40. The van der Waals surface area contributed by atoms with Crippen molar-refractivity contribution in [3.05, 3.63) is 53.9 Å². The summed E-state index contributed by atoms with van der Waals surface area (Å²) < 4.78 is 21.6. The maximum absolute atomic E-state index is 5.72. The van der Waals surface area contributed by atoms with Gasteiger partial charge in [-0.3, -0.25) is 0 Å². The van der Waals surface area contributed by atoms with Gasteiger partial charge in [-0.25, -0.2) is 0 Å². The van der Waals surface area contributed by atoms with Crippen LogP contribution >= 0.6 is 0 Å². The molecule has 0 saturated carbocycles. The first-order chi connectivity index (χ1) is 12.6. The van der Waals surface area contributed by atoms with E-state index in [0.717, 1.165) is 11.3 Å². The molecule has 0 aliphatic heterocycles. The van der Waals surface area contributed by atoms with E-state index < -0.39 is 0 Å². The Hall–Kier alpha value is -3.02. The van der Waals surface area contributed by atoms with Gasteiger partial charge in [0.15, 0.2) is 6.61 Å². The van der Waals surface area contributed by atoms with Crippen LogP contribution < -0.4 is 14.2 Å². The van der Waals surface area contributed by atoms with Crippen LogP contribution in [0.15, 0.2) is 47.0 Å². The molecule has 3 rings (SSSR count). The van der Waals surface area contributed by atoms with Crippen molar-refractivity contribution in [3.63, 3.8) is 0 Å². The number of hydrogen-bond acceptors (Lipinski definition) is 6. The van der Waals surface area contributed by atoms with E-state index in [4.69, 9.17) is 18.7 Å². The molecule has 1 aromatic heterocycles. The van der Waals surface area contributed by atoms with E-state index in [9.17, 15) is 0 Å². The molecular formula is C20H22N2O4. The zero-order chi connectivity index (χ0) is 18.5. The smallest absolute Gasteiger partial charge is 0.264 e. The first-order valence-corrected chi connectivity index (χ1v) is 8.38. The van der Waals surface area contributed by atoms with Crippen LogP contribution in [0.4, 0.5) is 0 Å². The van der Waals surface area contributed by atoms with Gasteiger partial charge in [-0.1, -0.05) is 31.1 Å². The molecule has 0 spiro atoms. The zero-order valence-electron chi connectivity index (χ0n) is 15.4. The van der Waals surface area contributed by atoms with Gasteiger partial charge >= 0.3 is 0 Å². The molecule has 0 N–H and O–H groups in total. The van der Waals surface area contributed by atoms with E-state index in [0.29, 0.717) is 29.1 Å². The maximum Gasteiger partial charge on any atom is 0.264 e. The molecule has 0 fully saturated rings. The Morgan fingerprint density at radius 3 is 2.35 bits per heavy atom. The third kappa shape index (κ3) is 3.96. The summed E-state index contributed by atoms with van der Waals surface area (Å²) in [5.41, 5.74) is 1.99. The molecule has 0 amide bonds. The van der Waals surface area contributed by atoms with E-state index in [-0.39, 0.29) is 6.61 Å². The molecule has 0 atom stereocenters. The Labute approximate surface area is 152 Å². The van der Waals surface area contributed by atoms with Crippen LogP contribution in [0.2, 0.25) is 0 Å². The monoisotopic (exact) mass is 354 g/mol. The standard InChI is InChI=1S/C20H22N2O4/c1-13(2)14-5-7-15(8-6-14)25-12-19-21-20(22-26-19)17-10-9-16(23-3)11-18(17)24-4/h5-11,13H,12H2,1-4H3. The molecule has 6 heteroatoms. The Morgan fingerprint density at radius 1 is 0.962 bits per heavy atom. The Morgan fingerprint density at radius 2 is 1.69 bits per heavy atom. The van der Waals surface area contributed by atoms with Crippen LogP contribution in [0.3, 0.4) is 0 Å². The lowest BCUT2D eigenvalue weighted by Gasteiger charge is -2.07. The third-order valence-electron chi connectivity index (χ3n) is 4.03. The molecule has 0 radical (unpaired) electrons. The molecular weight excluding hydrogens is 332 g/mol. The molecule has 3 aromatic rings. The summed E-state index contributed by atoms with van der Waals surface area (Å²) in [6.07, 6.45) is 0. The zero-order valence-corrected chi connectivity index (χ0v) is 15.4. The second kappa shape index (κ2) is 7.91. The molecule has 0 aliphatic carbocycles. The van der Waals surface area contributed by atoms with E-state index in [1.165, 1.54) is 5.56 Å². The van der Waals surface area contributed by atoms with Gasteiger partial charge < -0.3 is 18.7 Å². The van der Waals surface area contributed by atoms with Crippen molar-refractivity contribution in [2.75, 3.05) is 14.2 Å². The average Bonchev–Trinajstić information content (AvgIpc) is 3.15. The van der Waals surface area contributed by atoms with Gasteiger partial charge in [0.05, 0.1) is 19.8 Å². The van der Waals surface area contributed by atoms with Crippen LogP contribution in [0.5, 0.6) is 17.2 Å². The highest BCUT2D eigenvalue weighted by Crippen LogP contribution is 2.31. The van der Waals surface area contributed by atoms with Gasteiger partial charge in [0, 0.05) is 6.07 Å². The molecule has 6 nitrogen and oxygen atoms in total. The van der Waals surface area contributed by atoms with Gasteiger partial charge in [-0.2, -0.15) is 4.98 Å². The van der Waals surface area contributed by atoms with Crippen molar-refractivity contribution < 1.29 is 18.7 Å². The molecule has 136 valence electrons. The molecule has 0 unspecified atom stereocenters. The third-order valence-corrected chi connectivity index (χ3v) is 4.03. The summed E-state index contributed by atoms with van der Waals surface area (Å²) in [7, 11) is 3.19. The van der Waals surface area contributed by atoms with Gasteiger partial charge in [0.1, 0.15) is 17.2 Å². The minimum Gasteiger partial charge on any atom is -0.497 e. The number of aromatic nitrogens is 2. The van der Waals surface area contributed by atoms with Crippen molar-refractivity contribution in [1.29, 1.82) is 0 Å². The summed E-state index contributed by atoms with van der Waals surface area (Å²) in [6.45, 7) is 4.51. The summed E-state index contributed by atoms with van der Waals surface area (Å²) in [4.78, 5) is 4.38. The van der Waals surface area contributed by atoms with Crippen LogP contribution in [-0.2, 0) is 6.61 Å². The Bertz CT molecular complexity index is 857. The molecule has 2 aromatic carbocycles. The number of benzene rings is 2. The Balaban J connectivity index is 1.70. The fourth-order valence-electron chi connectivity index (χ4n) is 2.50. The maximum atomic E-state index is 5.72. The van der Waals surface area contributed by atoms with Gasteiger partial charge in [0.25, 0.3) is 5.89 Å². The summed E-state index contributed by atoms with van der Waals surface area (Å²) in [6, 6.07) is 13.4. The molecule has 0 saturated heterocycles. The number of methoxy groups -OCH3 is 2. The fraction of sp³-hybridized carbons (Fsp3) is 0.300. The normalized spacial score (nSPS) is 10.8. The lowest BCUT2D eigenvalue weighted by molar-refractivity contribution is 0.243. The predicted octanol–water partition coefficient (Wildman–Crippen LogP) is 4.46. The van der Waals surface area contributed by atoms with E-state index in [2.05, 4.69) is 36.1 Å². The summed E-state index contributed by atoms with van der Waals surface area (Å²) >= 11 is 0. The lowest BCUT2D eigenvalue weighted by atomic mass is 10.0. The highest BCUT2D eigenvalue weighted by atomic mass is 16.5. The summed E-state index contributed by atoms with van der Waals surface area (Å²) in [5, 5.41) is 4.01. The largest absolute Gasteiger partial charge is 0.497 e. The van der Waals surface area contributed by atoms with Gasteiger partial charge in [0.2, 0.25) is 5.82 Å². The van der Waals surface area contributed by atoms with Crippen molar-refractivity contribution in [2.45, 2.75) is 26.4 Å². The molecule has 0 bridgehead atoms. The lowest BCUT2D eigenvalue weighted by Crippen LogP contribution is -1.96. The van der Waals surface area contributed by atoms with Gasteiger partial charge in [-0.05, 0) is 35.7 Å². The SMILES string of the molecule is COc1ccc(-c2noc(COc3ccc(C(C)C)cc3)n2)c(OC)c1. The first kappa shape index (κ1) is 17.8. The quantitative estimate of drug-likeness (QED) is 0.624. The highest BCUT2D eigenvalue weighted by molar-refractivity contribution is 5.65. The highest BCUT2D eigenvalue weighted by Gasteiger charge is 2.14. The van der Waals surface area contributed by atoms with Gasteiger partial charge in [-0.15, -0.1) is 0 Å². The van der Waals surface area contributed by atoms with Crippen molar-refractivity contribution in [3.8, 4) is 28.6 Å². The van der Waals surface area contributed by atoms with Crippen molar-refractivity contribution in [2.24, 2.45) is 0 Å². The van der Waals surface area contributed by atoms with E-state index in [1.54, 1.807) is 20.3 Å². The Kier molecular flexibility index (Phi) is 5.41. The minimum absolute atomic E-state index is 0.201. The topological polar surface area (TPSA) is 66.6 Å². The molecule has 0 aliphatic rings. The second-order valence-corrected chi connectivity index (χ2v) is 6.09. The minimum atomic E-state index is 0.201. The first-order valence-electron chi connectivity index (χ1n) is 8.38. The number of nitrogens with zero attached hydrogens (tertiary/aromatic N) is 2. The molecule has 1 heterocycles. The van der Waals surface area contributed by atoms with Crippen LogP contribution in [0.1, 0.15) is 31.2 Å². The predicted molar refractivity (Wildman–Crippen MR) is 97.7 cm³/mol. The van der Waals surface area contributed by atoms with Crippen LogP contribution in [0, 0.1) is 0 Å². The average molecular weight is 354 g/mol. The van der Waals surface area contributed by atoms with Crippen molar-refractivity contribution in [1.82, 2.24) is 10.1 Å². The van der Waals surface area contributed by atoms with Crippen LogP contribution in [-0.4, -0.2) is 24.4 Å². The molecule has 26 heavy (non-hydrogen) atoms. The fourth-order valence-corrected chi connectivity index (χ4v) is 2.50. The number of ether oxygens (including phenoxy) is 3. The van der Waals surface area contributed by atoms with E-state index in [1.807, 2.05) is 24.3 Å². The number of rotatable bonds is 7. The van der Waals surface area contributed by atoms with E-state index >= 15 is 0 Å².